The molecule has 1 atom stereocenters. The quantitative estimate of drug-likeness (QED) is 0.246. The number of carbonyl (C=O) groups is 3. The number of hydrogen-bond acceptors (Lipinski definition) is 6. The monoisotopic (exact) mass is 571 g/mol. The van der Waals surface area contributed by atoms with E-state index in [2.05, 4.69) is 31.8 Å². The average Bonchev–Trinajstić information content (AvgIpc) is 2.76. The Morgan fingerprint density at radius 2 is 1.88 bits per heavy atom. The van der Waals surface area contributed by atoms with Gasteiger partial charge in [0.15, 0.2) is 6.61 Å². The van der Waals surface area contributed by atoms with Crippen LogP contribution in [0.3, 0.4) is 0 Å². The van der Waals surface area contributed by atoms with E-state index in [0.717, 1.165) is 0 Å². The van der Waals surface area contributed by atoms with E-state index in [1.165, 1.54) is 18.3 Å². The van der Waals surface area contributed by atoms with E-state index in [0.29, 0.717) is 20.8 Å². The minimum absolute atomic E-state index is 0.186. The molecule has 0 aliphatic carbocycles. The number of rotatable bonds is 10. The molecule has 0 saturated carbocycles. The van der Waals surface area contributed by atoms with Gasteiger partial charge in [-0.15, -0.1) is 0 Å². The van der Waals surface area contributed by atoms with Crippen molar-refractivity contribution in [1.82, 2.24) is 10.7 Å². The summed E-state index contributed by atoms with van der Waals surface area (Å²) in [5.74, 6) is -1.21. The summed E-state index contributed by atoms with van der Waals surface area (Å²) in [5.41, 5.74) is 3.31. The van der Waals surface area contributed by atoms with Crippen molar-refractivity contribution in [2.24, 2.45) is 11.0 Å². The summed E-state index contributed by atoms with van der Waals surface area (Å²) in [5, 5.41) is 7.23. The van der Waals surface area contributed by atoms with Crippen LogP contribution in [0.1, 0.15) is 36.7 Å². The lowest BCUT2D eigenvalue weighted by atomic mass is 10.0. The van der Waals surface area contributed by atoms with Gasteiger partial charge < -0.3 is 14.8 Å². The van der Waals surface area contributed by atoms with Gasteiger partial charge in [0.1, 0.15) is 11.8 Å². The molecule has 11 heteroatoms. The molecule has 8 nitrogen and oxygen atoms in total. The summed E-state index contributed by atoms with van der Waals surface area (Å²) >= 11 is 15.3. The first kappa shape index (κ1) is 27.6. The number of amides is 2. The topological polar surface area (TPSA) is 106 Å². The normalized spacial score (nSPS) is 11.9. The zero-order valence-corrected chi connectivity index (χ0v) is 21.8. The van der Waals surface area contributed by atoms with Crippen molar-refractivity contribution in [2.75, 3.05) is 13.2 Å². The predicted molar refractivity (Wildman–Crippen MR) is 135 cm³/mol. The van der Waals surface area contributed by atoms with Crippen molar-refractivity contribution in [1.29, 1.82) is 0 Å². The number of nitrogens with zero attached hydrogens (tertiary/aromatic N) is 1. The standard InChI is InChI=1S/C23H24BrCl2N3O5/c1-4-33-20(30)12-34-19-8-5-14(9-17(19)24)11-27-29-23(32)21(13(2)3)28-22(31)16-7-6-15(25)10-18(16)26/h5-11,13,21H,4,12H2,1-3H3,(H,28,31)(H,29,32). The van der Waals surface area contributed by atoms with Gasteiger partial charge in [0.05, 0.1) is 27.9 Å². The molecule has 2 amide bonds. The van der Waals surface area contributed by atoms with Gasteiger partial charge in [0.2, 0.25) is 0 Å². The van der Waals surface area contributed by atoms with Crippen LogP contribution < -0.4 is 15.5 Å². The highest BCUT2D eigenvalue weighted by molar-refractivity contribution is 9.10. The molecule has 2 aromatic rings. The molecule has 2 N–H and O–H groups in total. The lowest BCUT2D eigenvalue weighted by molar-refractivity contribution is -0.145. The van der Waals surface area contributed by atoms with Crippen LogP contribution in [0.5, 0.6) is 5.75 Å². The largest absolute Gasteiger partial charge is 0.481 e. The number of nitrogens with one attached hydrogen (secondary N) is 2. The van der Waals surface area contributed by atoms with Gasteiger partial charge in [-0.1, -0.05) is 37.0 Å². The molecule has 0 fully saturated rings. The zero-order chi connectivity index (χ0) is 25.3. The van der Waals surface area contributed by atoms with E-state index in [1.807, 2.05) is 0 Å². The van der Waals surface area contributed by atoms with E-state index < -0.39 is 23.8 Å². The Labute approximate surface area is 216 Å². The van der Waals surface area contributed by atoms with Crippen LogP contribution in [0.2, 0.25) is 10.0 Å². The SMILES string of the molecule is CCOC(=O)COc1ccc(C=NNC(=O)C(NC(=O)c2ccc(Cl)cc2Cl)C(C)C)cc1Br. The fourth-order valence-corrected chi connectivity index (χ4v) is 3.73. The Balaban J connectivity index is 1.99. The maximum atomic E-state index is 12.6. The minimum atomic E-state index is -0.846. The summed E-state index contributed by atoms with van der Waals surface area (Å²) in [7, 11) is 0. The molecule has 0 aliphatic heterocycles. The molecule has 2 rings (SSSR count). The van der Waals surface area contributed by atoms with Gasteiger partial charge >= 0.3 is 5.97 Å². The number of ether oxygens (including phenoxy) is 2. The van der Waals surface area contributed by atoms with Crippen molar-refractivity contribution in [3.8, 4) is 5.75 Å². The molecule has 0 spiro atoms. The number of esters is 1. The molecular weight excluding hydrogens is 549 g/mol. The van der Waals surface area contributed by atoms with Gasteiger partial charge in [-0.25, -0.2) is 10.2 Å². The highest BCUT2D eigenvalue weighted by atomic mass is 79.9. The molecule has 34 heavy (non-hydrogen) atoms. The number of halogens is 3. The molecule has 1 unspecified atom stereocenters. The maximum absolute atomic E-state index is 12.6. The van der Waals surface area contributed by atoms with Crippen molar-refractivity contribution in [2.45, 2.75) is 26.8 Å². The molecule has 0 heterocycles. The van der Waals surface area contributed by atoms with Crippen LogP contribution in [-0.4, -0.2) is 43.3 Å². The lowest BCUT2D eigenvalue weighted by Gasteiger charge is -2.20. The molecule has 2 aromatic carbocycles. The van der Waals surface area contributed by atoms with E-state index in [4.69, 9.17) is 32.7 Å². The van der Waals surface area contributed by atoms with Gasteiger partial charge in [-0.2, -0.15) is 5.10 Å². The second-order valence-corrected chi connectivity index (χ2v) is 9.04. The lowest BCUT2D eigenvalue weighted by Crippen LogP contribution is -2.48. The molecular formula is C23H24BrCl2N3O5. The first-order chi connectivity index (χ1) is 16.1. The summed E-state index contributed by atoms with van der Waals surface area (Å²) in [6, 6.07) is 8.71. The molecule has 0 saturated heterocycles. The van der Waals surface area contributed by atoms with Gasteiger partial charge in [-0.05, 0) is 70.7 Å². The predicted octanol–water partition coefficient (Wildman–Crippen LogP) is 4.60. The van der Waals surface area contributed by atoms with E-state index in [1.54, 1.807) is 45.0 Å². The smallest absolute Gasteiger partial charge is 0.344 e. The molecule has 0 aromatic heterocycles. The van der Waals surface area contributed by atoms with Crippen molar-refractivity contribution in [3.05, 3.63) is 62.0 Å². The molecule has 0 radical (unpaired) electrons. The summed E-state index contributed by atoms with van der Waals surface area (Å²) in [6.07, 6.45) is 1.44. The third-order valence-corrected chi connectivity index (χ3v) is 5.57. The van der Waals surface area contributed by atoms with Crippen LogP contribution in [-0.2, 0) is 14.3 Å². The summed E-state index contributed by atoms with van der Waals surface area (Å²) < 4.78 is 10.8. The Morgan fingerprint density at radius 3 is 2.50 bits per heavy atom. The second kappa shape index (κ2) is 13.3. The van der Waals surface area contributed by atoms with Crippen LogP contribution >= 0.6 is 39.1 Å². The van der Waals surface area contributed by atoms with E-state index in [9.17, 15) is 14.4 Å². The molecule has 182 valence electrons. The molecule has 0 aliphatic rings. The summed E-state index contributed by atoms with van der Waals surface area (Å²) in [6.45, 7) is 5.38. The number of carbonyl (C=O) groups excluding carboxylic acids is 3. The van der Waals surface area contributed by atoms with Gasteiger partial charge in [-0.3, -0.25) is 9.59 Å². The highest BCUT2D eigenvalue weighted by Gasteiger charge is 2.25. The van der Waals surface area contributed by atoms with Crippen LogP contribution in [0.25, 0.3) is 0 Å². The van der Waals surface area contributed by atoms with Crippen molar-refractivity contribution >= 4 is 63.1 Å². The van der Waals surface area contributed by atoms with Gasteiger partial charge in [0, 0.05) is 5.02 Å². The Bertz CT molecular complexity index is 1080. The Hall–Kier alpha value is -2.62. The van der Waals surface area contributed by atoms with Gasteiger partial charge in [0.25, 0.3) is 11.8 Å². The second-order valence-electron chi connectivity index (χ2n) is 7.34. The average molecular weight is 573 g/mol. The third-order valence-electron chi connectivity index (χ3n) is 4.41. The Morgan fingerprint density at radius 1 is 1.15 bits per heavy atom. The molecule has 0 bridgehead atoms. The van der Waals surface area contributed by atoms with E-state index >= 15 is 0 Å². The first-order valence-corrected chi connectivity index (χ1v) is 11.8. The highest BCUT2D eigenvalue weighted by Crippen LogP contribution is 2.25. The van der Waals surface area contributed by atoms with Crippen molar-refractivity contribution < 1.29 is 23.9 Å². The number of hydrogen-bond donors (Lipinski definition) is 2. The van der Waals surface area contributed by atoms with Crippen LogP contribution in [0.15, 0.2) is 46.0 Å². The fourth-order valence-electron chi connectivity index (χ4n) is 2.72. The maximum Gasteiger partial charge on any atom is 0.344 e. The van der Waals surface area contributed by atoms with Crippen molar-refractivity contribution in [3.63, 3.8) is 0 Å². The minimum Gasteiger partial charge on any atom is -0.481 e. The van der Waals surface area contributed by atoms with Crippen LogP contribution in [0.4, 0.5) is 0 Å². The van der Waals surface area contributed by atoms with Crippen LogP contribution in [0, 0.1) is 5.92 Å². The zero-order valence-electron chi connectivity index (χ0n) is 18.7. The van der Waals surface area contributed by atoms with E-state index in [-0.39, 0.29) is 29.7 Å². The fraction of sp³-hybridized carbons (Fsp3) is 0.304. The number of benzene rings is 2. The number of hydrazone groups is 1. The Kier molecular flexibility index (Phi) is 10.8. The summed E-state index contributed by atoms with van der Waals surface area (Å²) in [4.78, 5) is 36.6. The third kappa shape index (κ3) is 8.30. The first-order valence-electron chi connectivity index (χ1n) is 10.3.